The van der Waals surface area contributed by atoms with Gasteiger partial charge in [-0.3, -0.25) is 4.79 Å². The van der Waals surface area contributed by atoms with Crippen LogP contribution in [0, 0.1) is 5.92 Å². The zero-order chi connectivity index (χ0) is 10.8. The Morgan fingerprint density at radius 2 is 2.07 bits per heavy atom. The van der Waals surface area contributed by atoms with Gasteiger partial charge < -0.3 is 15.1 Å². The van der Waals surface area contributed by atoms with Gasteiger partial charge in [-0.05, 0) is 39.8 Å². The molecule has 2 atom stereocenters. The maximum atomic E-state index is 10.8. The molecular weight excluding hydrogens is 182 g/mol. The maximum Gasteiger partial charge on any atom is 0.309 e. The molecule has 0 radical (unpaired) electrons. The van der Waals surface area contributed by atoms with Crippen LogP contribution in [-0.4, -0.2) is 46.8 Å². The predicted octanol–water partition coefficient (Wildman–Crippen LogP) is 0.554. The van der Waals surface area contributed by atoms with Gasteiger partial charge in [0.2, 0.25) is 0 Å². The van der Waals surface area contributed by atoms with E-state index in [1.54, 1.807) is 6.92 Å². The van der Waals surface area contributed by atoms with Gasteiger partial charge in [-0.2, -0.15) is 0 Å². The van der Waals surface area contributed by atoms with Crippen LogP contribution in [-0.2, 0) is 4.79 Å². The van der Waals surface area contributed by atoms with Crippen molar-refractivity contribution in [2.24, 2.45) is 5.92 Å². The molecule has 0 saturated carbocycles. The minimum atomic E-state index is -1.02. The van der Waals surface area contributed by atoms with Gasteiger partial charge in [-0.25, -0.2) is 0 Å². The van der Waals surface area contributed by atoms with Crippen molar-refractivity contribution in [1.82, 2.24) is 4.90 Å². The molecule has 0 aliphatic carbocycles. The van der Waals surface area contributed by atoms with Crippen molar-refractivity contribution in [3.8, 4) is 0 Å². The lowest BCUT2D eigenvalue weighted by molar-refractivity contribution is -0.151. The van der Waals surface area contributed by atoms with Crippen LogP contribution in [0.2, 0.25) is 0 Å². The van der Waals surface area contributed by atoms with Gasteiger partial charge in [0.05, 0.1) is 11.5 Å². The highest BCUT2D eigenvalue weighted by Gasteiger charge is 2.38. The molecule has 2 unspecified atom stereocenters. The van der Waals surface area contributed by atoms with E-state index in [1.165, 1.54) is 0 Å². The van der Waals surface area contributed by atoms with Crippen LogP contribution in [0.4, 0.5) is 0 Å². The summed E-state index contributed by atoms with van der Waals surface area (Å²) in [5, 5.41) is 19.1. The predicted molar refractivity (Wildman–Crippen MR) is 53.1 cm³/mol. The van der Waals surface area contributed by atoms with Crippen molar-refractivity contribution in [1.29, 1.82) is 0 Å². The molecule has 82 valence electrons. The second-order valence-electron chi connectivity index (χ2n) is 4.32. The Bertz CT molecular complexity index is 219. The highest BCUT2D eigenvalue weighted by Crippen LogP contribution is 2.29. The van der Waals surface area contributed by atoms with Crippen molar-refractivity contribution in [2.75, 3.05) is 20.1 Å². The molecule has 1 saturated heterocycles. The number of carbonyl (C=O) groups is 1. The fraction of sp³-hybridized carbons (Fsp3) is 0.900. The van der Waals surface area contributed by atoms with Crippen molar-refractivity contribution in [2.45, 2.75) is 31.8 Å². The first-order valence-electron chi connectivity index (χ1n) is 5.09. The summed E-state index contributed by atoms with van der Waals surface area (Å²) in [6.45, 7) is 3.30. The van der Waals surface area contributed by atoms with Crippen molar-refractivity contribution in [3.05, 3.63) is 0 Å². The lowest BCUT2D eigenvalue weighted by atomic mass is 9.82. The normalized spacial score (nSPS) is 32.2. The fourth-order valence-electron chi connectivity index (χ4n) is 1.94. The molecule has 1 aliphatic rings. The van der Waals surface area contributed by atoms with Gasteiger partial charge in [0.25, 0.3) is 0 Å². The van der Waals surface area contributed by atoms with Crippen LogP contribution < -0.4 is 0 Å². The van der Waals surface area contributed by atoms with Crippen molar-refractivity contribution in [3.63, 3.8) is 0 Å². The fourth-order valence-corrected chi connectivity index (χ4v) is 1.94. The van der Waals surface area contributed by atoms with Gasteiger partial charge in [0, 0.05) is 6.54 Å². The Morgan fingerprint density at radius 1 is 1.43 bits per heavy atom. The number of carboxylic acid groups (broad SMARTS) is 1. The average Bonchev–Trinajstić information content (AvgIpc) is 2.28. The standard InChI is InChI=1S/C10H19NO3/c1-8(9(12)13)10(14)4-3-6-11(2)7-5-10/h8,14H,3-7H2,1-2H3,(H,12,13). The zero-order valence-electron chi connectivity index (χ0n) is 8.86. The molecule has 4 nitrogen and oxygen atoms in total. The number of hydrogen-bond donors (Lipinski definition) is 2. The average molecular weight is 201 g/mol. The van der Waals surface area contributed by atoms with E-state index in [0.29, 0.717) is 12.8 Å². The van der Waals surface area contributed by atoms with Crippen LogP contribution in [0.5, 0.6) is 0 Å². The Morgan fingerprint density at radius 3 is 2.64 bits per heavy atom. The van der Waals surface area contributed by atoms with Crippen molar-refractivity contribution >= 4 is 5.97 Å². The quantitative estimate of drug-likeness (QED) is 0.685. The van der Waals surface area contributed by atoms with E-state index in [1.807, 2.05) is 7.05 Å². The van der Waals surface area contributed by atoms with E-state index in [-0.39, 0.29) is 0 Å². The number of rotatable bonds is 2. The van der Waals surface area contributed by atoms with E-state index < -0.39 is 17.5 Å². The Balaban J connectivity index is 2.67. The first-order valence-corrected chi connectivity index (χ1v) is 5.09. The summed E-state index contributed by atoms with van der Waals surface area (Å²) < 4.78 is 0. The third-order valence-corrected chi connectivity index (χ3v) is 3.25. The molecule has 1 fully saturated rings. The topological polar surface area (TPSA) is 60.8 Å². The summed E-state index contributed by atoms with van der Waals surface area (Å²) >= 11 is 0. The van der Waals surface area contributed by atoms with E-state index in [0.717, 1.165) is 19.5 Å². The minimum absolute atomic E-state index is 0.553. The van der Waals surface area contributed by atoms with Gasteiger partial charge in [0.1, 0.15) is 0 Å². The molecule has 4 heteroatoms. The number of carboxylic acids is 1. The van der Waals surface area contributed by atoms with Gasteiger partial charge in [0.15, 0.2) is 0 Å². The van der Waals surface area contributed by atoms with Gasteiger partial charge in [-0.15, -0.1) is 0 Å². The first kappa shape index (κ1) is 11.5. The van der Waals surface area contributed by atoms with Crippen LogP contribution in [0.1, 0.15) is 26.2 Å². The number of likely N-dealkylation sites (tertiary alicyclic amines) is 1. The van der Waals surface area contributed by atoms with Gasteiger partial charge >= 0.3 is 5.97 Å². The highest BCUT2D eigenvalue weighted by molar-refractivity contribution is 5.71. The third-order valence-electron chi connectivity index (χ3n) is 3.25. The van der Waals surface area contributed by atoms with E-state index in [4.69, 9.17) is 5.11 Å². The number of nitrogens with zero attached hydrogens (tertiary/aromatic N) is 1. The van der Waals surface area contributed by atoms with Crippen molar-refractivity contribution < 1.29 is 15.0 Å². The molecule has 0 aromatic rings. The van der Waals surface area contributed by atoms with Crippen LogP contribution in [0.25, 0.3) is 0 Å². The maximum absolute atomic E-state index is 10.8. The molecule has 14 heavy (non-hydrogen) atoms. The second-order valence-corrected chi connectivity index (χ2v) is 4.32. The van der Waals surface area contributed by atoms with E-state index in [2.05, 4.69) is 4.90 Å². The zero-order valence-corrected chi connectivity index (χ0v) is 8.86. The number of hydrogen-bond acceptors (Lipinski definition) is 3. The van der Waals surface area contributed by atoms with Gasteiger partial charge in [-0.1, -0.05) is 0 Å². The lowest BCUT2D eigenvalue weighted by Gasteiger charge is -2.30. The number of aliphatic hydroxyl groups is 1. The highest BCUT2D eigenvalue weighted by atomic mass is 16.4. The molecule has 0 spiro atoms. The molecule has 0 bridgehead atoms. The third kappa shape index (κ3) is 2.45. The smallest absolute Gasteiger partial charge is 0.309 e. The lowest BCUT2D eigenvalue weighted by Crippen LogP contribution is -2.41. The molecule has 0 amide bonds. The van der Waals surface area contributed by atoms with E-state index >= 15 is 0 Å². The van der Waals surface area contributed by atoms with E-state index in [9.17, 15) is 9.90 Å². The summed E-state index contributed by atoms with van der Waals surface area (Å²) in [7, 11) is 2.00. The monoisotopic (exact) mass is 201 g/mol. The molecule has 1 heterocycles. The number of aliphatic carboxylic acids is 1. The minimum Gasteiger partial charge on any atom is -0.481 e. The summed E-state index contributed by atoms with van der Waals surface area (Å²) in [4.78, 5) is 13.0. The summed E-state index contributed by atoms with van der Waals surface area (Å²) in [5.74, 6) is -1.58. The summed E-state index contributed by atoms with van der Waals surface area (Å²) in [5.41, 5.74) is -1.02. The van der Waals surface area contributed by atoms with Crippen LogP contribution in [0.15, 0.2) is 0 Å². The molecular formula is C10H19NO3. The molecule has 2 N–H and O–H groups in total. The SMILES string of the molecule is CC(C(=O)O)C1(O)CCCN(C)CC1. The Labute approximate surface area is 84.5 Å². The Kier molecular flexibility index (Phi) is 3.50. The largest absolute Gasteiger partial charge is 0.481 e. The Hall–Kier alpha value is -0.610. The van der Waals surface area contributed by atoms with Crippen LogP contribution in [0.3, 0.4) is 0 Å². The molecule has 1 aliphatic heterocycles. The summed E-state index contributed by atoms with van der Waals surface area (Å²) in [6, 6.07) is 0. The molecule has 0 aromatic carbocycles. The summed E-state index contributed by atoms with van der Waals surface area (Å²) in [6.07, 6.45) is 2.01. The molecule has 0 aromatic heterocycles. The first-order chi connectivity index (χ1) is 6.46. The molecule has 1 rings (SSSR count). The van der Waals surface area contributed by atoms with Crippen LogP contribution >= 0.6 is 0 Å². The second kappa shape index (κ2) is 4.28.